The molecule has 16 heavy (non-hydrogen) atoms. The molecular formula is C12H18N2O2. The van der Waals surface area contributed by atoms with Crippen LogP contribution in [0.4, 0.5) is 0 Å². The molecule has 4 heteroatoms. The Hall–Kier alpha value is -1.55. The molecule has 1 aromatic carbocycles. The minimum absolute atomic E-state index is 0.247. The van der Waals surface area contributed by atoms with Crippen LogP contribution in [0.25, 0.3) is 0 Å². The highest BCUT2D eigenvalue weighted by Crippen LogP contribution is 2.20. The Balaban J connectivity index is 2.78. The van der Waals surface area contributed by atoms with E-state index >= 15 is 0 Å². The third kappa shape index (κ3) is 3.55. The van der Waals surface area contributed by atoms with Gasteiger partial charge < -0.3 is 10.5 Å². The molecule has 0 spiro atoms. The molecule has 0 radical (unpaired) electrons. The van der Waals surface area contributed by atoms with E-state index in [0.717, 1.165) is 11.3 Å². The van der Waals surface area contributed by atoms with Crippen molar-refractivity contribution in [1.29, 1.82) is 0 Å². The van der Waals surface area contributed by atoms with Crippen molar-refractivity contribution < 1.29 is 9.53 Å². The minimum Gasteiger partial charge on any atom is -0.496 e. The first-order valence-corrected chi connectivity index (χ1v) is 5.13. The second-order valence-corrected chi connectivity index (χ2v) is 3.95. The van der Waals surface area contributed by atoms with Crippen LogP contribution in [0.2, 0.25) is 0 Å². The number of hydrogen-bond acceptors (Lipinski definition) is 3. The SMILES string of the molecule is COc1ccc(C)cc1CN(C)CC(N)=O. The van der Waals surface area contributed by atoms with Gasteiger partial charge in [0.1, 0.15) is 5.75 Å². The van der Waals surface area contributed by atoms with Crippen molar-refractivity contribution in [3.8, 4) is 5.75 Å². The summed E-state index contributed by atoms with van der Waals surface area (Å²) in [5.74, 6) is 0.510. The van der Waals surface area contributed by atoms with Crippen LogP contribution >= 0.6 is 0 Å². The number of hydrogen-bond donors (Lipinski definition) is 1. The summed E-state index contributed by atoms with van der Waals surface area (Å²) in [6.45, 7) is 2.92. The van der Waals surface area contributed by atoms with Crippen LogP contribution < -0.4 is 10.5 Å². The fraction of sp³-hybridized carbons (Fsp3) is 0.417. The third-order valence-electron chi connectivity index (χ3n) is 2.30. The van der Waals surface area contributed by atoms with Gasteiger partial charge in [0.05, 0.1) is 13.7 Å². The molecule has 1 rings (SSSR count). The third-order valence-corrected chi connectivity index (χ3v) is 2.30. The van der Waals surface area contributed by atoms with Crippen LogP contribution in [0.15, 0.2) is 18.2 Å². The lowest BCUT2D eigenvalue weighted by Gasteiger charge is -2.17. The first-order valence-electron chi connectivity index (χ1n) is 5.13. The number of rotatable bonds is 5. The molecule has 4 nitrogen and oxygen atoms in total. The van der Waals surface area contributed by atoms with E-state index in [-0.39, 0.29) is 12.5 Å². The van der Waals surface area contributed by atoms with Gasteiger partial charge in [0.15, 0.2) is 0 Å². The fourth-order valence-corrected chi connectivity index (χ4v) is 1.64. The van der Waals surface area contributed by atoms with Crippen molar-refractivity contribution in [1.82, 2.24) is 4.90 Å². The predicted molar refractivity (Wildman–Crippen MR) is 63.3 cm³/mol. The molecule has 0 unspecified atom stereocenters. The van der Waals surface area contributed by atoms with Crippen molar-refractivity contribution >= 4 is 5.91 Å². The van der Waals surface area contributed by atoms with Gasteiger partial charge in [0.25, 0.3) is 0 Å². The highest BCUT2D eigenvalue weighted by Gasteiger charge is 2.08. The monoisotopic (exact) mass is 222 g/mol. The lowest BCUT2D eigenvalue weighted by atomic mass is 10.1. The molecule has 1 amide bonds. The summed E-state index contributed by atoms with van der Waals surface area (Å²) in [5.41, 5.74) is 7.37. The zero-order valence-corrected chi connectivity index (χ0v) is 9.99. The molecule has 0 fully saturated rings. The van der Waals surface area contributed by atoms with Gasteiger partial charge >= 0.3 is 0 Å². The van der Waals surface area contributed by atoms with Crippen molar-refractivity contribution in [3.05, 3.63) is 29.3 Å². The zero-order valence-electron chi connectivity index (χ0n) is 9.99. The molecule has 0 heterocycles. The number of carbonyl (C=O) groups excluding carboxylic acids is 1. The summed E-state index contributed by atoms with van der Waals surface area (Å²) in [7, 11) is 3.49. The molecule has 0 aromatic heterocycles. The number of likely N-dealkylation sites (N-methyl/N-ethyl adjacent to an activating group) is 1. The van der Waals surface area contributed by atoms with E-state index in [2.05, 4.69) is 6.07 Å². The van der Waals surface area contributed by atoms with Crippen LogP contribution in [0.1, 0.15) is 11.1 Å². The standard InChI is InChI=1S/C12H18N2O2/c1-9-4-5-11(16-3)10(6-9)7-14(2)8-12(13)15/h4-6H,7-8H2,1-3H3,(H2,13,15). The largest absolute Gasteiger partial charge is 0.496 e. The zero-order chi connectivity index (χ0) is 12.1. The number of methoxy groups -OCH3 is 1. The van der Waals surface area contributed by atoms with Gasteiger partial charge in [-0.1, -0.05) is 17.7 Å². The maximum absolute atomic E-state index is 10.8. The normalized spacial score (nSPS) is 10.5. The van der Waals surface area contributed by atoms with Gasteiger partial charge in [0.2, 0.25) is 5.91 Å². The Bertz CT molecular complexity index is 377. The van der Waals surface area contributed by atoms with Crippen LogP contribution in [-0.4, -0.2) is 31.5 Å². The summed E-state index contributed by atoms with van der Waals surface area (Å²) in [4.78, 5) is 12.6. The summed E-state index contributed by atoms with van der Waals surface area (Å²) >= 11 is 0. The molecule has 0 atom stereocenters. The topological polar surface area (TPSA) is 55.6 Å². The number of amides is 1. The first kappa shape index (κ1) is 12.5. The van der Waals surface area contributed by atoms with Gasteiger partial charge in [0, 0.05) is 12.1 Å². The summed E-state index contributed by atoms with van der Waals surface area (Å²) in [6.07, 6.45) is 0. The van der Waals surface area contributed by atoms with Crippen molar-refractivity contribution in [2.45, 2.75) is 13.5 Å². The van der Waals surface area contributed by atoms with E-state index in [1.807, 2.05) is 31.0 Å². The Morgan fingerprint density at radius 3 is 2.75 bits per heavy atom. The van der Waals surface area contributed by atoms with Crippen LogP contribution in [0.3, 0.4) is 0 Å². The van der Waals surface area contributed by atoms with Crippen LogP contribution in [-0.2, 0) is 11.3 Å². The van der Waals surface area contributed by atoms with Gasteiger partial charge in [-0.2, -0.15) is 0 Å². The first-order chi connectivity index (χ1) is 7.52. The summed E-state index contributed by atoms with van der Waals surface area (Å²) in [5, 5.41) is 0. The van der Waals surface area contributed by atoms with E-state index in [4.69, 9.17) is 10.5 Å². The molecule has 0 saturated carbocycles. The number of primary amides is 1. The lowest BCUT2D eigenvalue weighted by Crippen LogP contribution is -2.30. The number of benzene rings is 1. The van der Waals surface area contributed by atoms with Crippen molar-refractivity contribution in [2.24, 2.45) is 5.73 Å². The molecule has 0 bridgehead atoms. The highest BCUT2D eigenvalue weighted by molar-refractivity contribution is 5.75. The van der Waals surface area contributed by atoms with Gasteiger partial charge in [-0.3, -0.25) is 9.69 Å². The van der Waals surface area contributed by atoms with Gasteiger partial charge in [-0.15, -0.1) is 0 Å². The molecule has 2 N–H and O–H groups in total. The number of nitrogens with zero attached hydrogens (tertiary/aromatic N) is 1. The molecular weight excluding hydrogens is 204 g/mol. The fourth-order valence-electron chi connectivity index (χ4n) is 1.64. The maximum atomic E-state index is 10.8. The second kappa shape index (κ2) is 5.51. The van der Waals surface area contributed by atoms with E-state index in [9.17, 15) is 4.79 Å². The predicted octanol–water partition coefficient (Wildman–Crippen LogP) is 0.921. The van der Waals surface area contributed by atoms with E-state index in [1.54, 1.807) is 7.11 Å². The molecule has 0 saturated heterocycles. The quantitative estimate of drug-likeness (QED) is 0.806. The summed E-state index contributed by atoms with van der Waals surface area (Å²) in [6, 6.07) is 5.98. The Morgan fingerprint density at radius 2 is 2.19 bits per heavy atom. The molecule has 1 aromatic rings. The molecule has 0 aliphatic heterocycles. The molecule has 0 aliphatic carbocycles. The van der Waals surface area contributed by atoms with E-state index in [0.29, 0.717) is 6.54 Å². The smallest absolute Gasteiger partial charge is 0.231 e. The average molecular weight is 222 g/mol. The van der Waals surface area contributed by atoms with Crippen LogP contribution in [0.5, 0.6) is 5.75 Å². The van der Waals surface area contributed by atoms with E-state index < -0.39 is 0 Å². The molecule has 0 aliphatic rings. The van der Waals surface area contributed by atoms with Crippen molar-refractivity contribution in [2.75, 3.05) is 20.7 Å². The maximum Gasteiger partial charge on any atom is 0.231 e. The molecule has 88 valence electrons. The van der Waals surface area contributed by atoms with Gasteiger partial charge in [-0.05, 0) is 20.0 Å². The van der Waals surface area contributed by atoms with Crippen LogP contribution in [0, 0.1) is 6.92 Å². The highest BCUT2D eigenvalue weighted by atomic mass is 16.5. The number of aryl methyl sites for hydroxylation is 1. The Morgan fingerprint density at radius 1 is 1.50 bits per heavy atom. The average Bonchev–Trinajstić information content (AvgIpc) is 2.16. The Kier molecular flexibility index (Phi) is 4.31. The van der Waals surface area contributed by atoms with Gasteiger partial charge in [-0.25, -0.2) is 0 Å². The van der Waals surface area contributed by atoms with E-state index in [1.165, 1.54) is 5.56 Å². The number of nitrogens with two attached hydrogens (primary N) is 1. The van der Waals surface area contributed by atoms with Crippen molar-refractivity contribution in [3.63, 3.8) is 0 Å². The lowest BCUT2D eigenvalue weighted by molar-refractivity contribution is -0.118. The minimum atomic E-state index is -0.325. The number of carbonyl (C=O) groups is 1. The second-order valence-electron chi connectivity index (χ2n) is 3.95. The summed E-state index contributed by atoms with van der Waals surface area (Å²) < 4.78 is 5.26. The Labute approximate surface area is 96.0 Å². The number of ether oxygens (including phenoxy) is 1.